The van der Waals surface area contributed by atoms with E-state index in [1.165, 1.54) is 6.07 Å². The van der Waals surface area contributed by atoms with E-state index in [1.54, 1.807) is 12.1 Å². The first-order chi connectivity index (χ1) is 6.15. The van der Waals surface area contributed by atoms with Gasteiger partial charge in [0.05, 0.1) is 0 Å². The van der Waals surface area contributed by atoms with E-state index in [4.69, 9.17) is 16.6 Å². The molecule has 70 valence electrons. The van der Waals surface area contributed by atoms with Crippen LogP contribution in [0.5, 0.6) is 5.75 Å². The van der Waals surface area contributed by atoms with Crippen molar-refractivity contribution in [2.45, 2.75) is 6.42 Å². The van der Waals surface area contributed by atoms with E-state index >= 15 is 0 Å². The molecule has 3 nitrogen and oxygen atoms in total. The molecule has 0 spiro atoms. The van der Waals surface area contributed by atoms with Crippen LogP contribution in [-0.2, 0) is 0 Å². The normalized spacial score (nSPS) is 9.92. The van der Waals surface area contributed by atoms with E-state index in [9.17, 15) is 0 Å². The molecule has 0 radical (unpaired) electrons. The Hall–Kier alpha value is -1.48. The number of nitrogen functional groups attached to an aromatic ring is 1. The molecule has 0 saturated heterocycles. The maximum absolute atomic E-state index is 9.11. The molecule has 0 heterocycles. The quantitative estimate of drug-likeness (QED) is 0.611. The minimum atomic E-state index is 0.168. The summed E-state index contributed by atoms with van der Waals surface area (Å²) < 4.78 is 0. The highest BCUT2D eigenvalue weighted by molar-refractivity contribution is 5.74. The van der Waals surface area contributed by atoms with Crippen molar-refractivity contribution in [3.63, 3.8) is 0 Å². The number of benzene rings is 1. The zero-order valence-electron chi connectivity index (χ0n) is 7.46. The third kappa shape index (κ3) is 2.23. The Balaban J connectivity index is 2.95. The molecule has 0 fully saturated rings. The smallest absolute Gasteiger partial charge is 0.117 e. The first-order valence-electron chi connectivity index (χ1n) is 4.12. The van der Waals surface area contributed by atoms with Crippen molar-refractivity contribution in [2.75, 3.05) is 12.3 Å². The lowest BCUT2D eigenvalue weighted by Crippen LogP contribution is -2.01. The SMILES string of the molecule is C=C(CCN)c1ccc(O)cc1N. The molecule has 1 rings (SSSR count). The van der Waals surface area contributed by atoms with Crippen molar-refractivity contribution >= 4 is 11.3 Å². The highest BCUT2D eigenvalue weighted by atomic mass is 16.3. The van der Waals surface area contributed by atoms with Gasteiger partial charge in [-0.1, -0.05) is 6.58 Å². The molecule has 0 amide bonds. The second-order valence-corrected chi connectivity index (χ2v) is 2.91. The van der Waals surface area contributed by atoms with Gasteiger partial charge in [0, 0.05) is 17.3 Å². The number of nitrogens with two attached hydrogens (primary N) is 2. The molecule has 1 aromatic carbocycles. The van der Waals surface area contributed by atoms with Gasteiger partial charge in [0.25, 0.3) is 0 Å². The largest absolute Gasteiger partial charge is 0.508 e. The van der Waals surface area contributed by atoms with E-state index in [0.717, 1.165) is 17.6 Å². The number of hydrogen-bond donors (Lipinski definition) is 3. The van der Waals surface area contributed by atoms with E-state index in [-0.39, 0.29) is 5.75 Å². The minimum absolute atomic E-state index is 0.168. The predicted molar refractivity (Wildman–Crippen MR) is 55.2 cm³/mol. The van der Waals surface area contributed by atoms with E-state index in [2.05, 4.69) is 6.58 Å². The fourth-order valence-electron chi connectivity index (χ4n) is 1.18. The monoisotopic (exact) mass is 178 g/mol. The number of aromatic hydroxyl groups is 1. The van der Waals surface area contributed by atoms with Gasteiger partial charge in [0.2, 0.25) is 0 Å². The Kier molecular flexibility index (Phi) is 2.93. The molecule has 0 atom stereocenters. The summed E-state index contributed by atoms with van der Waals surface area (Å²) in [6, 6.07) is 4.85. The van der Waals surface area contributed by atoms with Crippen LogP contribution in [-0.4, -0.2) is 11.7 Å². The molecule has 0 aliphatic heterocycles. The third-order valence-electron chi connectivity index (χ3n) is 1.86. The van der Waals surface area contributed by atoms with Crippen LogP contribution in [0.25, 0.3) is 5.57 Å². The number of hydrogen-bond acceptors (Lipinski definition) is 3. The molecular formula is C10H14N2O. The molecule has 5 N–H and O–H groups in total. The molecule has 3 heteroatoms. The van der Waals surface area contributed by atoms with E-state index < -0.39 is 0 Å². The van der Waals surface area contributed by atoms with E-state index in [1.807, 2.05) is 0 Å². The second kappa shape index (κ2) is 3.96. The van der Waals surface area contributed by atoms with Crippen LogP contribution in [0.1, 0.15) is 12.0 Å². The minimum Gasteiger partial charge on any atom is -0.508 e. The highest BCUT2D eigenvalue weighted by Gasteiger charge is 2.03. The summed E-state index contributed by atoms with van der Waals surface area (Å²) in [6.45, 7) is 4.42. The maximum Gasteiger partial charge on any atom is 0.117 e. The number of rotatable bonds is 3. The maximum atomic E-state index is 9.11. The van der Waals surface area contributed by atoms with Crippen molar-refractivity contribution in [3.05, 3.63) is 30.3 Å². The first kappa shape index (κ1) is 9.61. The van der Waals surface area contributed by atoms with Crippen LogP contribution >= 0.6 is 0 Å². The lowest BCUT2D eigenvalue weighted by molar-refractivity contribution is 0.475. The zero-order chi connectivity index (χ0) is 9.84. The molecule has 0 aromatic heterocycles. The van der Waals surface area contributed by atoms with Crippen molar-refractivity contribution in [2.24, 2.45) is 5.73 Å². The first-order valence-corrected chi connectivity index (χ1v) is 4.12. The Morgan fingerprint density at radius 1 is 1.46 bits per heavy atom. The van der Waals surface area contributed by atoms with Crippen molar-refractivity contribution in [1.29, 1.82) is 0 Å². The highest BCUT2D eigenvalue weighted by Crippen LogP contribution is 2.25. The lowest BCUT2D eigenvalue weighted by Gasteiger charge is -2.07. The Morgan fingerprint density at radius 3 is 2.69 bits per heavy atom. The van der Waals surface area contributed by atoms with Crippen LogP contribution in [0.4, 0.5) is 5.69 Å². The standard InChI is InChI=1S/C10H14N2O/c1-7(4-5-11)9-3-2-8(13)6-10(9)12/h2-3,6,13H,1,4-5,11-12H2. The van der Waals surface area contributed by atoms with Gasteiger partial charge in [-0.05, 0) is 30.7 Å². The van der Waals surface area contributed by atoms with Crippen LogP contribution in [0.15, 0.2) is 24.8 Å². The fourth-order valence-corrected chi connectivity index (χ4v) is 1.18. The number of phenols is 1. The van der Waals surface area contributed by atoms with Gasteiger partial charge in [-0.3, -0.25) is 0 Å². The topological polar surface area (TPSA) is 72.3 Å². The van der Waals surface area contributed by atoms with Gasteiger partial charge in [0.1, 0.15) is 5.75 Å². The second-order valence-electron chi connectivity index (χ2n) is 2.91. The van der Waals surface area contributed by atoms with Crippen molar-refractivity contribution in [1.82, 2.24) is 0 Å². The van der Waals surface area contributed by atoms with Crippen LogP contribution in [0.3, 0.4) is 0 Å². The molecule has 0 bridgehead atoms. The van der Waals surface area contributed by atoms with Gasteiger partial charge in [-0.2, -0.15) is 0 Å². The summed E-state index contributed by atoms with van der Waals surface area (Å²) in [6.07, 6.45) is 0.717. The molecule has 13 heavy (non-hydrogen) atoms. The summed E-state index contributed by atoms with van der Waals surface area (Å²) in [5.74, 6) is 0.168. The summed E-state index contributed by atoms with van der Waals surface area (Å²) in [4.78, 5) is 0. The predicted octanol–water partition coefficient (Wildman–Crippen LogP) is 1.34. The molecule has 0 aliphatic carbocycles. The summed E-state index contributed by atoms with van der Waals surface area (Å²) in [7, 11) is 0. The average molecular weight is 178 g/mol. The van der Waals surface area contributed by atoms with Gasteiger partial charge < -0.3 is 16.6 Å². The number of anilines is 1. The van der Waals surface area contributed by atoms with E-state index in [0.29, 0.717) is 12.2 Å². The lowest BCUT2D eigenvalue weighted by atomic mass is 10.0. The van der Waals surface area contributed by atoms with Gasteiger partial charge in [-0.15, -0.1) is 0 Å². The van der Waals surface area contributed by atoms with Gasteiger partial charge in [-0.25, -0.2) is 0 Å². The Labute approximate surface area is 77.7 Å². The fraction of sp³-hybridized carbons (Fsp3) is 0.200. The zero-order valence-corrected chi connectivity index (χ0v) is 7.46. The summed E-state index contributed by atoms with van der Waals surface area (Å²) in [5, 5.41) is 9.11. The van der Waals surface area contributed by atoms with Crippen LogP contribution in [0, 0.1) is 0 Å². The number of phenolic OH excluding ortho intramolecular Hbond substituents is 1. The average Bonchev–Trinajstić information content (AvgIpc) is 2.04. The summed E-state index contributed by atoms with van der Waals surface area (Å²) in [5.41, 5.74) is 13.4. The van der Waals surface area contributed by atoms with Crippen molar-refractivity contribution < 1.29 is 5.11 Å². The van der Waals surface area contributed by atoms with Crippen LogP contribution in [0.2, 0.25) is 0 Å². The Morgan fingerprint density at radius 2 is 2.15 bits per heavy atom. The molecule has 0 unspecified atom stereocenters. The molecule has 0 aliphatic rings. The molecule has 0 saturated carbocycles. The summed E-state index contributed by atoms with van der Waals surface area (Å²) >= 11 is 0. The Bertz CT molecular complexity index is 321. The van der Waals surface area contributed by atoms with Gasteiger partial charge >= 0.3 is 0 Å². The van der Waals surface area contributed by atoms with Crippen LogP contribution < -0.4 is 11.5 Å². The molecular weight excluding hydrogens is 164 g/mol. The van der Waals surface area contributed by atoms with Gasteiger partial charge in [0.15, 0.2) is 0 Å². The van der Waals surface area contributed by atoms with Crippen molar-refractivity contribution in [3.8, 4) is 5.75 Å². The molecule has 1 aromatic rings. The third-order valence-corrected chi connectivity index (χ3v) is 1.86.